The van der Waals surface area contributed by atoms with Crippen LogP contribution in [0.25, 0.3) is 0 Å². The first-order chi connectivity index (χ1) is 9.15. The molecular weight excluding hydrogens is 281 g/mol. The van der Waals surface area contributed by atoms with Crippen LogP contribution in [0.1, 0.15) is 48.9 Å². The Bertz CT molecular complexity index is 473. The Balaban J connectivity index is 1.86. The second-order valence-corrected chi connectivity index (χ2v) is 6.41. The van der Waals surface area contributed by atoms with Crippen LogP contribution in [0.4, 0.5) is 0 Å². The Morgan fingerprint density at radius 2 is 1.47 bits per heavy atom. The summed E-state index contributed by atoms with van der Waals surface area (Å²) in [5.74, 6) is 0.0961. The molecule has 19 heavy (non-hydrogen) atoms. The maximum atomic E-state index is 12.7. The van der Waals surface area contributed by atoms with Gasteiger partial charge in [0.05, 0.1) is 0 Å². The third-order valence-electron chi connectivity index (χ3n) is 4.00. The van der Waals surface area contributed by atoms with Crippen LogP contribution in [0.5, 0.6) is 0 Å². The summed E-state index contributed by atoms with van der Waals surface area (Å²) in [5.41, 5.74) is 0.622. The third-order valence-corrected chi connectivity index (χ3v) is 4.44. The maximum Gasteiger partial charge on any atom is 0.254 e. The summed E-state index contributed by atoms with van der Waals surface area (Å²) in [5, 5.41) is 1.05. The first kappa shape index (κ1) is 13.3. The number of hydrogen-bond donors (Lipinski definition) is 0. The van der Waals surface area contributed by atoms with Gasteiger partial charge in [-0.3, -0.25) is 4.79 Å². The SMILES string of the molecule is O=C(c1cc(Cl)cc(Cl)c1)N(C1CCCC1)C1CC1. The van der Waals surface area contributed by atoms with E-state index in [1.165, 1.54) is 12.8 Å². The van der Waals surface area contributed by atoms with Crippen LogP contribution in [0.15, 0.2) is 18.2 Å². The molecule has 2 aliphatic carbocycles. The van der Waals surface area contributed by atoms with E-state index in [1.807, 2.05) is 0 Å². The van der Waals surface area contributed by atoms with Gasteiger partial charge in [0.2, 0.25) is 0 Å². The number of hydrogen-bond acceptors (Lipinski definition) is 1. The average Bonchev–Trinajstić information content (AvgIpc) is 3.03. The fourth-order valence-electron chi connectivity index (χ4n) is 2.99. The zero-order valence-corrected chi connectivity index (χ0v) is 12.3. The molecule has 4 heteroatoms. The zero-order chi connectivity index (χ0) is 13.4. The van der Waals surface area contributed by atoms with E-state index in [2.05, 4.69) is 4.90 Å². The van der Waals surface area contributed by atoms with Crippen LogP contribution >= 0.6 is 23.2 Å². The van der Waals surface area contributed by atoms with Gasteiger partial charge in [-0.2, -0.15) is 0 Å². The summed E-state index contributed by atoms with van der Waals surface area (Å²) >= 11 is 12.0. The van der Waals surface area contributed by atoms with Gasteiger partial charge in [0.25, 0.3) is 5.91 Å². The third kappa shape index (κ3) is 2.90. The molecule has 2 nitrogen and oxygen atoms in total. The van der Waals surface area contributed by atoms with E-state index in [9.17, 15) is 4.79 Å². The Kier molecular flexibility index (Phi) is 3.72. The Morgan fingerprint density at radius 3 is 2.00 bits per heavy atom. The number of carbonyl (C=O) groups excluding carboxylic acids is 1. The minimum Gasteiger partial charge on any atom is -0.333 e. The molecule has 1 amide bonds. The van der Waals surface area contributed by atoms with Crippen molar-refractivity contribution in [2.45, 2.75) is 50.6 Å². The number of rotatable bonds is 3. The van der Waals surface area contributed by atoms with Crippen LogP contribution < -0.4 is 0 Å². The molecule has 0 bridgehead atoms. The highest BCUT2D eigenvalue weighted by Gasteiger charge is 2.38. The Labute approximate surface area is 123 Å². The molecule has 1 aromatic carbocycles. The number of amides is 1. The molecule has 0 atom stereocenters. The number of benzene rings is 1. The summed E-state index contributed by atoms with van der Waals surface area (Å²) in [6, 6.07) is 5.96. The van der Waals surface area contributed by atoms with Gasteiger partial charge in [-0.05, 0) is 43.9 Å². The lowest BCUT2D eigenvalue weighted by Crippen LogP contribution is -2.40. The van der Waals surface area contributed by atoms with Crippen molar-refractivity contribution in [1.82, 2.24) is 4.90 Å². The van der Waals surface area contributed by atoms with Crippen LogP contribution in [0.3, 0.4) is 0 Å². The molecule has 2 aliphatic rings. The molecule has 0 spiro atoms. The van der Waals surface area contributed by atoms with E-state index in [0.29, 0.717) is 27.7 Å². The molecule has 3 rings (SSSR count). The standard InChI is InChI=1S/C15H17Cl2NO/c16-11-7-10(8-12(17)9-11)15(19)18(14-5-6-14)13-3-1-2-4-13/h7-9,13-14H,1-6H2. The van der Waals surface area contributed by atoms with Crippen LogP contribution in [-0.4, -0.2) is 22.9 Å². The van der Waals surface area contributed by atoms with Crippen LogP contribution in [0.2, 0.25) is 10.0 Å². The second-order valence-electron chi connectivity index (χ2n) is 5.54. The first-order valence-corrected chi connectivity index (χ1v) is 7.69. The molecule has 1 aromatic rings. The molecule has 102 valence electrons. The molecule has 2 fully saturated rings. The van der Waals surface area contributed by atoms with E-state index in [1.54, 1.807) is 18.2 Å². The molecule has 0 saturated heterocycles. The van der Waals surface area contributed by atoms with Crippen LogP contribution in [-0.2, 0) is 0 Å². The molecule has 0 N–H and O–H groups in total. The average molecular weight is 298 g/mol. The topological polar surface area (TPSA) is 20.3 Å². The number of halogens is 2. The van der Waals surface area contributed by atoms with E-state index < -0.39 is 0 Å². The van der Waals surface area contributed by atoms with E-state index in [-0.39, 0.29) is 5.91 Å². The minimum absolute atomic E-state index is 0.0961. The Morgan fingerprint density at radius 1 is 0.947 bits per heavy atom. The first-order valence-electron chi connectivity index (χ1n) is 6.94. The molecule has 2 saturated carbocycles. The molecule has 0 unspecified atom stereocenters. The van der Waals surface area contributed by atoms with Crippen molar-refractivity contribution >= 4 is 29.1 Å². The lowest BCUT2D eigenvalue weighted by Gasteiger charge is -2.29. The van der Waals surface area contributed by atoms with Crippen molar-refractivity contribution in [2.75, 3.05) is 0 Å². The van der Waals surface area contributed by atoms with Gasteiger partial charge in [0.1, 0.15) is 0 Å². The maximum absolute atomic E-state index is 12.7. The van der Waals surface area contributed by atoms with E-state index >= 15 is 0 Å². The number of carbonyl (C=O) groups is 1. The van der Waals surface area contributed by atoms with Gasteiger partial charge in [0.15, 0.2) is 0 Å². The number of nitrogens with zero attached hydrogens (tertiary/aromatic N) is 1. The normalized spacial score (nSPS) is 19.7. The summed E-state index contributed by atoms with van der Waals surface area (Å²) < 4.78 is 0. The highest BCUT2D eigenvalue weighted by molar-refractivity contribution is 6.35. The Hall–Kier alpha value is -0.730. The summed E-state index contributed by atoms with van der Waals surface area (Å²) in [7, 11) is 0. The highest BCUT2D eigenvalue weighted by Crippen LogP contribution is 2.36. The molecule has 0 radical (unpaired) electrons. The summed E-state index contributed by atoms with van der Waals surface area (Å²) in [6.07, 6.45) is 7.01. The van der Waals surface area contributed by atoms with Crippen molar-refractivity contribution in [3.05, 3.63) is 33.8 Å². The van der Waals surface area contributed by atoms with Crippen molar-refractivity contribution in [3.8, 4) is 0 Å². The van der Waals surface area contributed by atoms with Crippen molar-refractivity contribution in [2.24, 2.45) is 0 Å². The van der Waals surface area contributed by atoms with Gasteiger partial charge in [0, 0.05) is 27.7 Å². The largest absolute Gasteiger partial charge is 0.333 e. The molecule has 0 heterocycles. The van der Waals surface area contributed by atoms with Gasteiger partial charge in [-0.15, -0.1) is 0 Å². The summed E-state index contributed by atoms with van der Waals surface area (Å²) in [4.78, 5) is 14.8. The van der Waals surface area contributed by atoms with Crippen LogP contribution in [0, 0.1) is 0 Å². The predicted molar refractivity (Wildman–Crippen MR) is 77.9 cm³/mol. The quantitative estimate of drug-likeness (QED) is 0.802. The molecule has 0 aromatic heterocycles. The lowest BCUT2D eigenvalue weighted by molar-refractivity contribution is 0.0664. The minimum atomic E-state index is 0.0961. The van der Waals surface area contributed by atoms with Crippen molar-refractivity contribution < 1.29 is 4.79 Å². The smallest absolute Gasteiger partial charge is 0.254 e. The van der Waals surface area contributed by atoms with Crippen molar-refractivity contribution in [3.63, 3.8) is 0 Å². The van der Waals surface area contributed by atoms with Gasteiger partial charge in [-0.25, -0.2) is 0 Å². The van der Waals surface area contributed by atoms with Gasteiger partial charge < -0.3 is 4.90 Å². The fraction of sp³-hybridized carbons (Fsp3) is 0.533. The van der Waals surface area contributed by atoms with Gasteiger partial charge in [-0.1, -0.05) is 36.0 Å². The summed E-state index contributed by atoms with van der Waals surface area (Å²) in [6.45, 7) is 0. The van der Waals surface area contributed by atoms with Crippen molar-refractivity contribution in [1.29, 1.82) is 0 Å². The highest BCUT2D eigenvalue weighted by atomic mass is 35.5. The lowest BCUT2D eigenvalue weighted by atomic mass is 10.1. The van der Waals surface area contributed by atoms with E-state index in [4.69, 9.17) is 23.2 Å². The predicted octanol–water partition coefficient (Wildman–Crippen LogP) is 4.54. The molecular formula is C15H17Cl2NO. The molecule has 0 aliphatic heterocycles. The fourth-order valence-corrected chi connectivity index (χ4v) is 3.52. The zero-order valence-electron chi connectivity index (χ0n) is 10.7. The second kappa shape index (κ2) is 5.34. The van der Waals surface area contributed by atoms with E-state index in [0.717, 1.165) is 25.7 Å². The van der Waals surface area contributed by atoms with Gasteiger partial charge >= 0.3 is 0 Å². The monoisotopic (exact) mass is 297 g/mol.